The molecule has 0 radical (unpaired) electrons. The summed E-state index contributed by atoms with van der Waals surface area (Å²) in [5, 5.41) is 4.49. The molecule has 0 bridgehead atoms. The van der Waals surface area contributed by atoms with Gasteiger partial charge in [0.1, 0.15) is 4.21 Å². The molecule has 0 atom stereocenters. The van der Waals surface area contributed by atoms with Crippen molar-refractivity contribution in [2.45, 2.75) is 31.4 Å². The van der Waals surface area contributed by atoms with E-state index in [-0.39, 0.29) is 18.2 Å². The minimum atomic E-state index is -3.46. The Bertz CT molecular complexity index is 700. The number of hydrogen-bond acceptors (Lipinski definition) is 5. The van der Waals surface area contributed by atoms with Crippen molar-refractivity contribution in [2.24, 2.45) is 5.41 Å². The molecule has 0 spiro atoms. The summed E-state index contributed by atoms with van der Waals surface area (Å²) in [6.45, 7) is 7.07. The normalized spacial score (nSPS) is 16.7. The van der Waals surface area contributed by atoms with E-state index < -0.39 is 15.4 Å². The molecule has 1 aromatic heterocycles. The highest BCUT2D eigenvalue weighted by Gasteiger charge is 2.30. The summed E-state index contributed by atoms with van der Waals surface area (Å²) >= 11 is 1.20. The first-order valence-corrected chi connectivity index (χ1v) is 10.5. The lowest BCUT2D eigenvalue weighted by atomic mass is 9.96. The third-order valence-electron chi connectivity index (χ3n) is 3.99. The van der Waals surface area contributed by atoms with E-state index in [1.807, 2.05) is 20.8 Å². The maximum Gasteiger partial charge on any atom is 0.252 e. The summed E-state index contributed by atoms with van der Waals surface area (Å²) in [6.07, 6.45) is 0.222. The number of hydrogen-bond donors (Lipinski definition) is 1. The Labute approximate surface area is 153 Å². The number of piperazine rings is 1. The van der Waals surface area contributed by atoms with E-state index in [1.54, 1.807) is 22.4 Å². The van der Waals surface area contributed by atoms with E-state index in [0.29, 0.717) is 36.9 Å². The Morgan fingerprint density at radius 3 is 2.36 bits per heavy atom. The number of nitrogens with zero attached hydrogens (tertiary/aromatic N) is 2. The van der Waals surface area contributed by atoms with Gasteiger partial charge in [-0.2, -0.15) is 4.31 Å². The minimum absolute atomic E-state index is 0.0672. The molecule has 0 aliphatic carbocycles. The van der Waals surface area contributed by atoms with Crippen LogP contribution in [0.2, 0.25) is 0 Å². The van der Waals surface area contributed by atoms with Crippen molar-refractivity contribution in [3.63, 3.8) is 0 Å². The van der Waals surface area contributed by atoms with E-state index in [9.17, 15) is 18.0 Å². The molecule has 1 N–H and O–H groups in total. The molecule has 25 heavy (non-hydrogen) atoms. The van der Waals surface area contributed by atoms with Gasteiger partial charge in [-0.15, -0.1) is 11.3 Å². The van der Waals surface area contributed by atoms with Crippen LogP contribution in [-0.4, -0.2) is 62.2 Å². The number of nitrogens with one attached hydrogen (secondary N) is 1. The van der Waals surface area contributed by atoms with Gasteiger partial charge in [0.2, 0.25) is 11.8 Å². The molecule has 2 rings (SSSR count). The summed E-state index contributed by atoms with van der Waals surface area (Å²) in [7, 11) is -3.46. The highest BCUT2D eigenvalue weighted by molar-refractivity contribution is 7.91. The average Bonchev–Trinajstić information content (AvgIpc) is 3.09. The molecule has 1 aliphatic heterocycles. The highest BCUT2D eigenvalue weighted by Crippen LogP contribution is 2.22. The predicted octanol–water partition coefficient (Wildman–Crippen LogP) is 1.13. The number of sulfonamides is 1. The fourth-order valence-electron chi connectivity index (χ4n) is 2.42. The van der Waals surface area contributed by atoms with E-state index in [4.69, 9.17) is 0 Å². The largest absolute Gasteiger partial charge is 0.355 e. The zero-order valence-corrected chi connectivity index (χ0v) is 16.5. The van der Waals surface area contributed by atoms with Crippen molar-refractivity contribution in [1.29, 1.82) is 0 Å². The zero-order valence-electron chi connectivity index (χ0n) is 14.8. The van der Waals surface area contributed by atoms with Crippen LogP contribution in [0.3, 0.4) is 0 Å². The summed E-state index contributed by atoms with van der Waals surface area (Å²) in [6, 6.07) is 3.30. The van der Waals surface area contributed by atoms with Crippen LogP contribution in [-0.2, 0) is 19.6 Å². The number of carbonyl (C=O) groups excluding carboxylic acids is 2. The van der Waals surface area contributed by atoms with Crippen LogP contribution in [0.4, 0.5) is 0 Å². The maximum atomic E-state index is 12.5. The lowest BCUT2D eigenvalue weighted by Gasteiger charge is -2.33. The lowest BCUT2D eigenvalue weighted by molar-refractivity contribution is -0.132. The van der Waals surface area contributed by atoms with Gasteiger partial charge in [-0.1, -0.05) is 26.8 Å². The van der Waals surface area contributed by atoms with Crippen molar-refractivity contribution >= 4 is 33.2 Å². The second kappa shape index (κ2) is 7.84. The summed E-state index contributed by atoms with van der Waals surface area (Å²) in [4.78, 5) is 25.7. The smallest absolute Gasteiger partial charge is 0.252 e. The van der Waals surface area contributed by atoms with Gasteiger partial charge >= 0.3 is 0 Å². The molecule has 2 heterocycles. The van der Waals surface area contributed by atoms with Gasteiger partial charge in [0.05, 0.1) is 0 Å². The molecule has 1 aliphatic rings. The van der Waals surface area contributed by atoms with Crippen LogP contribution >= 0.6 is 11.3 Å². The van der Waals surface area contributed by atoms with Crippen molar-refractivity contribution < 1.29 is 18.0 Å². The molecule has 2 amide bonds. The van der Waals surface area contributed by atoms with E-state index in [2.05, 4.69) is 5.32 Å². The summed E-state index contributed by atoms with van der Waals surface area (Å²) in [5.41, 5.74) is -0.481. The Hall–Kier alpha value is -1.45. The van der Waals surface area contributed by atoms with Crippen molar-refractivity contribution in [3.05, 3.63) is 17.5 Å². The van der Waals surface area contributed by atoms with Crippen LogP contribution in [0.25, 0.3) is 0 Å². The maximum absolute atomic E-state index is 12.5. The minimum Gasteiger partial charge on any atom is -0.355 e. The van der Waals surface area contributed by atoms with Crippen molar-refractivity contribution in [1.82, 2.24) is 14.5 Å². The first-order valence-electron chi connectivity index (χ1n) is 8.22. The molecule has 1 aromatic rings. The second-order valence-electron chi connectivity index (χ2n) is 6.97. The van der Waals surface area contributed by atoms with Crippen molar-refractivity contribution in [2.75, 3.05) is 32.7 Å². The SMILES string of the molecule is CC(C)(C)C(=O)NCCC(=O)N1CCN(S(=O)(=O)c2cccs2)CC1. The van der Waals surface area contributed by atoms with Crippen molar-refractivity contribution in [3.8, 4) is 0 Å². The van der Waals surface area contributed by atoms with Crippen LogP contribution < -0.4 is 5.32 Å². The number of amides is 2. The van der Waals surface area contributed by atoms with E-state index in [0.717, 1.165) is 0 Å². The fraction of sp³-hybridized carbons (Fsp3) is 0.625. The first-order chi connectivity index (χ1) is 11.6. The average molecular weight is 388 g/mol. The summed E-state index contributed by atoms with van der Waals surface area (Å²) in [5.74, 6) is -0.158. The van der Waals surface area contributed by atoms with Crippen LogP contribution in [0.1, 0.15) is 27.2 Å². The molecule has 1 saturated heterocycles. The highest BCUT2D eigenvalue weighted by atomic mass is 32.2. The monoisotopic (exact) mass is 387 g/mol. The van der Waals surface area contributed by atoms with Gasteiger partial charge in [0, 0.05) is 44.6 Å². The zero-order chi connectivity index (χ0) is 18.7. The topological polar surface area (TPSA) is 86.8 Å². The number of thiophene rings is 1. The standard InChI is InChI=1S/C16H25N3O4S2/c1-16(2,3)15(21)17-7-6-13(20)18-8-10-19(11-9-18)25(22,23)14-5-4-12-24-14/h4-5,12H,6-11H2,1-3H3,(H,17,21). The first kappa shape index (κ1) is 19.9. The van der Waals surface area contributed by atoms with Crippen LogP contribution in [0, 0.1) is 5.41 Å². The molecular formula is C16H25N3O4S2. The Morgan fingerprint density at radius 2 is 1.84 bits per heavy atom. The fourth-order valence-corrected chi connectivity index (χ4v) is 4.99. The molecular weight excluding hydrogens is 362 g/mol. The van der Waals surface area contributed by atoms with E-state index >= 15 is 0 Å². The molecule has 0 unspecified atom stereocenters. The van der Waals surface area contributed by atoms with Gasteiger partial charge in [-0.3, -0.25) is 9.59 Å². The Morgan fingerprint density at radius 1 is 1.20 bits per heavy atom. The van der Waals surface area contributed by atoms with E-state index in [1.165, 1.54) is 15.6 Å². The third-order valence-corrected chi connectivity index (χ3v) is 7.26. The molecule has 0 aromatic carbocycles. The number of carbonyl (C=O) groups is 2. The predicted molar refractivity (Wildman–Crippen MR) is 96.7 cm³/mol. The molecule has 0 saturated carbocycles. The third kappa shape index (κ3) is 5.02. The lowest BCUT2D eigenvalue weighted by Crippen LogP contribution is -2.50. The molecule has 9 heteroatoms. The van der Waals surface area contributed by atoms with Crippen LogP contribution in [0.15, 0.2) is 21.7 Å². The van der Waals surface area contributed by atoms with Crippen LogP contribution in [0.5, 0.6) is 0 Å². The Kier molecular flexibility index (Phi) is 6.23. The second-order valence-corrected chi connectivity index (χ2v) is 10.1. The van der Waals surface area contributed by atoms with Gasteiger partial charge in [0.15, 0.2) is 0 Å². The molecule has 7 nitrogen and oxygen atoms in total. The summed E-state index contributed by atoms with van der Waals surface area (Å²) < 4.78 is 26.7. The van der Waals surface area contributed by atoms with Gasteiger partial charge in [-0.05, 0) is 11.4 Å². The molecule has 140 valence electrons. The van der Waals surface area contributed by atoms with Gasteiger partial charge < -0.3 is 10.2 Å². The molecule has 1 fully saturated rings. The van der Waals surface area contributed by atoms with Gasteiger partial charge in [0.25, 0.3) is 10.0 Å². The van der Waals surface area contributed by atoms with Gasteiger partial charge in [-0.25, -0.2) is 8.42 Å². The Balaban J connectivity index is 1.80. The quantitative estimate of drug-likeness (QED) is 0.821. The number of rotatable bonds is 5.